The number of nitrogens with one attached hydrogen (secondary N) is 2. The Labute approximate surface area is 155 Å². The van der Waals surface area contributed by atoms with Crippen LogP contribution in [0.1, 0.15) is 22.8 Å². The molecule has 26 heavy (non-hydrogen) atoms. The number of hydrazone groups is 1. The van der Waals surface area contributed by atoms with Crippen molar-refractivity contribution in [3.05, 3.63) is 52.5 Å². The Hall–Kier alpha value is -3.06. The molecule has 0 aliphatic rings. The molecule has 2 amide bonds. The Morgan fingerprint density at radius 3 is 2.38 bits per heavy atom. The summed E-state index contributed by atoms with van der Waals surface area (Å²) in [6.45, 7) is 1.41. The highest BCUT2D eigenvalue weighted by atomic mass is 35.5. The van der Waals surface area contributed by atoms with Gasteiger partial charge in [-0.3, -0.25) is 9.59 Å². The van der Waals surface area contributed by atoms with Crippen molar-refractivity contribution >= 4 is 35.3 Å². The summed E-state index contributed by atoms with van der Waals surface area (Å²) in [5, 5.41) is 6.91. The Bertz CT molecular complexity index is 835. The third-order valence-electron chi connectivity index (χ3n) is 3.30. The van der Waals surface area contributed by atoms with Gasteiger partial charge in [-0.1, -0.05) is 11.6 Å². The van der Waals surface area contributed by atoms with E-state index in [0.29, 0.717) is 33.3 Å². The Kier molecular flexibility index (Phi) is 6.57. The number of ether oxygens (including phenoxy) is 2. The van der Waals surface area contributed by atoms with Crippen molar-refractivity contribution in [2.45, 2.75) is 6.92 Å². The van der Waals surface area contributed by atoms with Crippen LogP contribution in [0.15, 0.2) is 41.5 Å². The van der Waals surface area contributed by atoms with Crippen molar-refractivity contribution in [1.29, 1.82) is 0 Å². The van der Waals surface area contributed by atoms with E-state index in [1.54, 1.807) is 36.4 Å². The number of carbonyl (C=O) groups excluding carboxylic acids is 2. The molecule has 0 saturated carbocycles. The molecule has 0 aromatic heterocycles. The highest BCUT2D eigenvalue weighted by molar-refractivity contribution is 6.32. The minimum atomic E-state index is -0.387. The molecule has 0 heterocycles. The van der Waals surface area contributed by atoms with Gasteiger partial charge in [-0.05, 0) is 42.0 Å². The number of nitrogens with zero attached hydrogens (tertiary/aromatic N) is 1. The number of methoxy groups -OCH3 is 2. The first-order valence-corrected chi connectivity index (χ1v) is 7.95. The lowest BCUT2D eigenvalue weighted by Gasteiger charge is -2.09. The minimum Gasteiger partial charge on any atom is -0.493 e. The second kappa shape index (κ2) is 8.87. The van der Waals surface area contributed by atoms with Gasteiger partial charge in [0.15, 0.2) is 11.5 Å². The van der Waals surface area contributed by atoms with Crippen molar-refractivity contribution in [2.24, 2.45) is 5.10 Å². The van der Waals surface area contributed by atoms with Crippen LogP contribution in [0, 0.1) is 0 Å². The van der Waals surface area contributed by atoms with Gasteiger partial charge in [0.25, 0.3) is 5.91 Å². The second-order valence-corrected chi connectivity index (χ2v) is 5.60. The molecule has 0 aliphatic heterocycles. The molecular formula is C18H18ClN3O4. The first kappa shape index (κ1) is 19.3. The average Bonchev–Trinajstić information content (AvgIpc) is 2.61. The molecule has 2 aromatic rings. The lowest BCUT2D eigenvalue weighted by atomic mass is 10.2. The molecule has 0 bridgehead atoms. The molecule has 2 rings (SSSR count). The van der Waals surface area contributed by atoms with Crippen LogP contribution in [0.3, 0.4) is 0 Å². The van der Waals surface area contributed by atoms with E-state index in [2.05, 4.69) is 15.8 Å². The SMILES string of the molecule is COc1cc(C=NNC(=O)c2ccc(NC(C)=O)cc2)cc(Cl)c1OC. The van der Waals surface area contributed by atoms with Crippen LogP contribution < -0.4 is 20.2 Å². The zero-order valence-corrected chi connectivity index (χ0v) is 15.3. The van der Waals surface area contributed by atoms with Gasteiger partial charge < -0.3 is 14.8 Å². The largest absolute Gasteiger partial charge is 0.493 e. The molecule has 0 aliphatic carbocycles. The number of amides is 2. The van der Waals surface area contributed by atoms with Gasteiger partial charge in [0.2, 0.25) is 5.91 Å². The van der Waals surface area contributed by atoms with E-state index in [1.807, 2.05) is 0 Å². The average molecular weight is 376 g/mol. The summed E-state index contributed by atoms with van der Waals surface area (Å²) < 4.78 is 10.4. The van der Waals surface area contributed by atoms with E-state index in [1.165, 1.54) is 27.4 Å². The van der Waals surface area contributed by atoms with Crippen LogP contribution in [0.2, 0.25) is 5.02 Å². The molecular weight excluding hydrogens is 358 g/mol. The van der Waals surface area contributed by atoms with Gasteiger partial charge in [-0.2, -0.15) is 5.10 Å². The number of benzene rings is 2. The summed E-state index contributed by atoms with van der Waals surface area (Å²) in [4.78, 5) is 23.1. The van der Waals surface area contributed by atoms with Crippen molar-refractivity contribution in [3.8, 4) is 11.5 Å². The van der Waals surface area contributed by atoms with Crippen LogP contribution in [0.4, 0.5) is 5.69 Å². The number of hydrogen-bond donors (Lipinski definition) is 2. The summed E-state index contributed by atoms with van der Waals surface area (Å²) in [6.07, 6.45) is 1.44. The third-order valence-corrected chi connectivity index (χ3v) is 3.58. The number of rotatable bonds is 6. The van der Waals surface area contributed by atoms with E-state index in [0.717, 1.165) is 0 Å². The van der Waals surface area contributed by atoms with Crippen molar-refractivity contribution in [3.63, 3.8) is 0 Å². The smallest absolute Gasteiger partial charge is 0.271 e. The molecule has 8 heteroatoms. The van der Waals surface area contributed by atoms with E-state index >= 15 is 0 Å². The minimum absolute atomic E-state index is 0.180. The lowest BCUT2D eigenvalue weighted by molar-refractivity contribution is -0.114. The molecule has 2 N–H and O–H groups in total. The molecule has 0 radical (unpaired) electrons. The van der Waals surface area contributed by atoms with Gasteiger partial charge in [0, 0.05) is 18.2 Å². The Balaban J connectivity index is 2.05. The maximum Gasteiger partial charge on any atom is 0.271 e. The molecule has 0 fully saturated rings. The Morgan fingerprint density at radius 1 is 1.12 bits per heavy atom. The molecule has 0 unspecified atom stereocenters. The summed E-state index contributed by atoms with van der Waals surface area (Å²) in [6, 6.07) is 9.76. The fraction of sp³-hybridized carbons (Fsp3) is 0.167. The van der Waals surface area contributed by atoms with Crippen LogP contribution in [-0.4, -0.2) is 32.2 Å². The van der Waals surface area contributed by atoms with Gasteiger partial charge in [-0.25, -0.2) is 5.43 Å². The zero-order valence-electron chi connectivity index (χ0n) is 14.5. The van der Waals surface area contributed by atoms with Crippen LogP contribution in [-0.2, 0) is 4.79 Å². The fourth-order valence-electron chi connectivity index (χ4n) is 2.15. The van der Waals surface area contributed by atoms with E-state index in [9.17, 15) is 9.59 Å². The van der Waals surface area contributed by atoms with Crippen molar-refractivity contribution in [1.82, 2.24) is 5.43 Å². The predicted octanol–water partition coefficient (Wildman–Crippen LogP) is 3.08. The predicted molar refractivity (Wildman–Crippen MR) is 100 cm³/mol. The second-order valence-electron chi connectivity index (χ2n) is 5.20. The van der Waals surface area contributed by atoms with Crippen LogP contribution >= 0.6 is 11.6 Å². The van der Waals surface area contributed by atoms with Crippen LogP contribution in [0.5, 0.6) is 11.5 Å². The van der Waals surface area contributed by atoms with E-state index in [4.69, 9.17) is 21.1 Å². The fourth-order valence-corrected chi connectivity index (χ4v) is 2.45. The van der Waals surface area contributed by atoms with Crippen molar-refractivity contribution in [2.75, 3.05) is 19.5 Å². The molecule has 136 valence electrons. The standard InChI is InChI=1S/C18H18ClN3O4/c1-11(23)21-14-6-4-13(5-7-14)18(24)22-20-10-12-8-15(19)17(26-3)16(9-12)25-2/h4-10H,1-3H3,(H,21,23)(H,22,24). The van der Waals surface area contributed by atoms with Crippen molar-refractivity contribution < 1.29 is 19.1 Å². The summed E-state index contributed by atoms with van der Waals surface area (Å²) in [5.74, 6) is 0.318. The van der Waals surface area contributed by atoms with Gasteiger partial charge in [0.1, 0.15) is 0 Å². The Morgan fingerprint density at radius 2 is 1.81 bits per heavy atom. The number of halogens is 1. The molecule has 0 spiro atoms. The van der Waals surface area contributed by atoms with Gasteiger partial charge in [-0.15, -0.1) is 0 Å². The maximum absolute atomic E-state index is 12.1. The first-order chi connectivity index (χ1) is 12.4. The zero-order chi connectivity index (χ0) is 19.1. The summed E-state index contributed by atoms with van der Waals surface area (Å²) in [7, 11) is 3.00. The van der Waals surface area contributed by atoms with E-state index < -0.39 is 0 Å². The maximum atomic E-state index is 12.1. The quantitative estimate of drug-likeness (QED) is 0.599. The number of hydrogen-bond acceptors (Lipinski definition) is 5. The lowest BCUT2D eigenvalue weighted by Crippen LogP contribution is -2.17. The molecule has 0 saturated heterocycles. The monoisotopic (exact) mass is 375 g/mol. The highest BCUT2D eigenvalue weighted by Gasteiger charge is 2.10. The molecule has 7 nitrogen and oxygen atoms in total. The number of anilines is 1. The first-order valence-electron chi connectivity index (χ1n) is 7.57. The topological polar surface area (TPSA) is 89.0 Å². The molecule has 0 atom stereocenters. The highest BCUT2D eigenvalue weighted by Crippen LogP contribution is 2.35. The van der Waals surface area contributed by atoms with Gasteiger partial charge in [0.05, 0.1) is 25.5 Å². The summed E-state index contributed by atoms with van der Waals surface area (Å²) in [5.41, 5.74) is 4.07. The normalized spacial score (nSPS) is 10.5. The third kappa shape index (κ3) is 4.97. The molecule has 2 aromatic carbocycles. The summed E-state index contributed by atoms with van der Waals surface area (Å²) >= 11 is 6.12. The van der Waals surface area contributed by atoms with E-state index in [-0.39, 0.29) is 11.8 Å². The number of carbonyl (C=O) groups is 2. The van der Waals surface area contributed by atoms with Crippen LogP contribution in [0.25, 0.3) is 0 Å². The van der Waals surface area contributed by atoms with Gasteiger partial charge >= 0.3 is 0 Å².